The summed E-state index contributed by atoms with van der Waals surface area (Å²) in [5.74, 6) is -0.150. The maximum Gasteiger partial charge on any atom is 0.123 e. The summed E-state index contributed by atoms with van der Waals surface area (Å²) in [6.45, 7) is 5.07. The van der Waals surface area contributed by atoms with Crippen LogP contribution in [0.2, 0.25) is 0 Å². The topological polar surface area (TPSA) is 36.1 Å². The lowest BCUT2D eigenvalue weighted by molar-refractivity contribution is 0.527. The van der Waals surface area contributed by atoms with Crippen LogP contribution >= 0.6 is 0 Å². The Morgan fingerprint density at radius 1 is 1.28 bits per heavy atom. The molecule has 0 bridgehead atoms. The van der Waals surface area contributed by atoms with E-state index in [1.165, 1.54) is 12.5 Å². The van der Waals surface area contributed by atoms with Crippen LogP contribution in [0.25, 0.3) is 0 Å². The van der Waals surface area contributed by atoms with Gasteiger partial charge in [0.1, 0.15) is 5.82 Å². The van der Waals surface area contributed by atoms with E-state index in [1.807, 2.05) is 6.07 Å². The Hall–Kier alpha value is -0.970. The molecule has 1 aromatic carbocycles. The van der Waals surface area contributed by atoms with E-state index >= 15 is 0 Å². The summed E-state index contributed by atoms with van der Waals surface area (Å²) in [5, 5.41) is 10.2. The normalized spacial score (nSPS) is 19.3. The van der Waals surface area contributed by atoms with E-state index in [9.17, 15) is 4.39 Å². The molecule has 18 heavy (non-hydrogen) atoms. The molecule has 1 atom stereocenters. The van der Waals surface area contributed by atoms with Crippen molar-refractivity contribution in [3.8, 4) is 0 Å². The standard InChI is InChI=1S/C14H22FN3/c15-13-3-1-2-12(10-13)4-6-16-8-9-18-14-5-7-17-11-14/h1-3,10,14,16-18H,4-9,11H2. The monoisotopic (exact) mass is 251 g/mol. The van der Waals surface area contributed by atoms with Gasteiger partial charge >= 0.3 is 0 Å². The predicted molar refractivity (Wildman–Crippen MR) is 72.3 cm³/mol. The Balaban J connectivity index is 1.50. The second kappa shape index (κ2) is 7.46. The third-order valence-corrected chi connectivity index (χ3v) is 3.27. The minimum Gasteiger partial charge on any atom is -0.315 e. The largest absolute Gasteiger partial charge is 0.315 e. The molecule has 1 fully saturated rings. The number of benzene rings is 1. The second-order valence-corrected chi connectivity index (χ2v) is 4.77. The maximum absolute atomic E-state index is 12.9. The Morgan fingerprint density at radius 2 is 2.22 bits per heavy atom. The van der Waals surface area contributed by atoms with Crippen LogP contribution in [0, 0.1) is 5.82 Å². The molecule has 0 amide bonds. The molecule has 1 aliphatic heterocycles. The summed E-state index contributed by atoms with van der Waals surface area (Å²) >= 11 is 0. The molecule has 3 N–H and O–H groups in total. The van der Waals surface area contributed by atoms with Gasteiger partial charge in [0.25, 0.3) is 0 Å². The van der Waals surface area contributed by atoms with Gasteiger partial charge < -0.3 is 16.0 Å². The fourth-order valence-corrected chi connectivity index (χ4v) is 2.24. The van der Waals surface area contributed by atoms with Gasteiger partial charge in [-0.2, -0.15) is 0 Å². The highest BCUT2D eigenvalue weighted by Crippen LogP contribution is 2.03. The Labute approximate surface area is 108 Å². The smallest absolute Gasteiger partial charge is 0.123 e. The highest BCUT2D eigenvalue weighted by Gasteiger charge is 2.12. The highest BCUT2D eigenvalue weighted by molar-refractivity contribution is 5.16. The molecule has 1 aliphatic rings. The van der Waals surface area contributed by atoms with Crippen molar-refractivity contribution < 1.29 is 4.39 Å². The average molecular weight is 251 g/mol. The Morgan fingerprint density at radius 3 is 3.00 bits per heavy atom. The number of nitrogens with one attached hydrogen (secondary N) is 3. The van der Waals surface area contributed by atoms with Crippen LogP contribution in [0.1, 0.15) is 12.0 Å². The zero-order chi connectivity index (χ0) is 12.6. The summed E-state index contributed by atoms with van der Waals surface area (Å²) < 4.78 is 12.9. The number of rotatable bonds is 7. The highest BCUT2D eigenvalue weighted by atomic mass is 19.1. The Bertz CT molecular complexity index is 351. The lowest BCUT2D eigenvalue weighted by Crippen LogP contribution is -2.36. The molecule has 0 aromatic heterocycles. The quantitative estimate of drug-likeness (QED) is 0.630. The number of halogens is 1. The van der Waals surface area contributed by atoms with Crippen LogP contribution in [0.4, 0.5) is 4.39 Å². The number of hydrogen-bond donors (Lipinski definition) is 3. The number of hydrogen-bond acceptors (Lipinski definition) is 3. The first-order chi connectivity index (χ1) is 8.84. The molecule has 0 radical (unpaired) electrons. The van der Waals surface area contributed by atoms with Gasteiger partial charge in [-0.25, -0.2) is 4.39 Å². The molecule has 2 rings (SSSR count). The van der Waals surface area contributed by atoms with Crippen LogP contribution < -0.4 is 16.0 Å². The van der Waals surface area contributed by atoms with Crippen molar-refractivity contribution in [2.45, 2.75) is 18.9 Å². The first-order valence-electron chi connectivity index (χ1n) is 6.74. The third kappa shape index (κ3) is 4.72. The van der Waals surface area contributed by atoms with Crippen LogP contribution in [-0.4, -0.2) is 38.8 Å². The van der Waals surface area contributed by atoms with Gasteiger partial charge in [0.2, 0.25) is 0 Å². The minimum atomic E-state index is -0.150. The molecule has 0 aliphatic carbocycles. The SMILES string of the molecule is Fc1cccc(CCNCCNC2CCNC2)c1. The van der Waals surface area contributed by atoms with Gasteiger partial charge in [0.15, 0.2) is 0 Å². The molecule has 1 saturated heterocycles. The fourth-order valence-electron chi connectivity index (χ4n) is 2.24. The molecule has 3 nitrogen and oxygen atoms in total. The fraction of sp³-hybridized carbons (Fsp3) is 0.571. The summed E-state index contributed by atoms with van der Waals surface area (Å²) in [5.41, 5.74) is 1.05. The van der Waals surface area contributed by atoms with Crippen LogP contribution in [0.3, 0.4) is 0 Å². The van der Waals surface area contributed by atoms with Gasteiger partial charge in [-0.05, 0) is 43.6 Å². The molecular formula is C14H22FN3. The van der Waals surface area contributed by atoms with Crippen LogP contribution in [0.5, 0.6) is 0 Å². The first kappa shape index (κ1) is 13.5. The third-order valence-electron chi connectivity index (χ3n) is 3.27. The molecule has 0 spiro atoms. The van der Waals surface area contributed by atoms with Gasteiger partial charge in [-0.15, -0.1) is 0 Å². The van der Waals surface area contributed by atoms with E-state index in [0.29, 0.717) is 6.04 Å². The molecule has 1 aromatic rings. The minimum absolute atomic E-state index is 0.150. The van der Waals surface area contributed by atoms with Crippen molar-refractivity contribution >= 4 is 0 Å². The van der Waals surface area contributed by atoms with Crippen LogP contribution in [0.15, 0.2) is 24.3 Å². The van der Waals surface area contributed by atoms with Crippen molar-refractivity contribution in [3.05, 3.63) is 35.6 Å². The molecule has 100 valence electrons. The van der Waals surface area contributed by atoms with Gasteiger partial charge in [0, 0.05) is 25.7 Å². The first-order valence-corrected chi connectivity index (χ1v) is 6.74. The van der Waals surface area contributed by atoms with E-state index in [2.05, 4.69) is 16.0 Å². The van der Waals surface area contributed by atoms with E-state index < -0.39 is 0 Å². The molecular weight excluding hydrogens is 229 g/mol. The second-order valence-electron chi connectivity index (χ2n) is 4.77. The van der Waals surface area contributed by atoms with Crippen molar-refractivity contribution in [1.29, 1.82) is 0 Å². The van der Waals surface area contributed by atoms with Crippen molar-refractivity contribution in [2.75, 3.05) is 32.7 Å². The predicted octanol–water partition coefficient (Wildman–Crippen LogP) is 0.909. The van der Waals surface area contributed by atoms with E-state index in [0.717, 1.165) is 44.7 Å². The molecule has 1 unspecified atom stereocenters. The zero-order valence-corrected chi connectivity index (χ0v) is 10.7. The van der Waals surface area contributed by atoms with Crippen molar-refractivity contribution in [3.63, 3.8) is 0 Å². The summed E-state index contributed by atoms with van der Waals surface area (Å²) in [6.07, 6.45) is 2.10. The summed E-state index contributed by atoms with van der Waals surface area (Å²) in [6, 6.07) is 7.45. The zero-order valence-electron chi connectivity index (χ0n) is 10.7. The van der Waals surface area contributed by atoms with E-state index in [1.54, 1.807) is 12.1 Å². The molecule has 0 saturated carbocycles. The lowest BCUT2D eigenvalue weighted by Gasteiger charge is -2.11. The van der Waals surface area contributed by atoms with Crippen molar-refractivity contribution in [2.24, 2.45) is 0 Å². The Kier molecular flexibility index (Phi) is 5.58. The molecule has 4 heteroatoms. The van der Waals surface area contributed by atoms with E-state index in [4.69, 9.17) is 0 Å². The van der Waals surface area contributed by atoms with E-state index in [-0.39, 0.29) is 5.82 Å². The van der Waals surface area contributed by atoms with Gasteiger partial charge in [-0.1, -0.05) is 12.1 Å². The summed E-state index contributed by atoms with van der Waals surface area (Å²) in [4.78, 5) is 0. The maximum atomic E-state index is 12.9. The lowest BCUT2D eigenvalue weighted by atomic mass is 10.1. The van der Waals surface area contributed by atoms with Gasteiger partial charge in [-0.3, -0.25) is 0 Å². The molecule has 1 heterocycles. The van der Waals surface area contributed by atoms with Gasteiger partial charge in [0.05, 0.1) is 0 Å². The average Bonchev–Trinajstić information content (AvgIpc) is 2.87. The van der Waals surface area contributed by atoms with Crippen LogP contribution in [-0.2, 0) is 6.42 Å². The van der Waals surface area contributed by atoms with Crippen molar-refractivity contribution in [1.82, 2.24) is 16.0 Å². The summed E-state index contributed by atoms with van der Waals surface area (Å²) in [7, 11) is 0.